The van der Waals surface area contributed by atoms with E-state index in [0.29, 0.717) is 18.7 Å². The molecule has 0 radical (unpaired) electrons. The van der Waals surface area contributed by atoms with Crippen molar-refractivity contribution in [2.75, 3.05) is 25.5 Å². The number of hydrogen-bond acceptors (Lipinski definition) is 4. The lowest BCUT2D eigenvalue weighted by Gasteiger charge is -2.49. The van der Waals surface area contributed by atoms with Crippen LogP contribution in [0.15, 0.2) is 145 Å². The average molecular weight is 626 g/mol. The van der Waals surface area contributed by atoms with Gasteiger partial charge < -0.3 is 10.2 Å². The van der Waals surface area contributed by atoms with Crippen LogP contribution in [0.1, 0.15) is 34.2 Å². The number of likely N-dealkylation sites (N-methyl/N-ethyl adjacent to an activating group) is 1. The van der Waals surface area contributed by atoms with Gasteiger partial charge in [0, 0.05) is 41.9 Å². The van der Waals surface area contributed by atoms with Crippen LogP contribution in [0.3, 0.4) is 0 Å². The summed E-state index contributed by atoms with van der Waals surface area (Å²) < 4.78 is 0. The highest BCUT2D eigenvalue weighted by molar-refractivity contribution is 6.16. The van der Waals surface area contributed by atoms with E-state index < -0.39 is 11.0 Å². The number of fused-ring (bicyclic) bond motifs is 5. The molecule has 6 aromatic rings. The molecule has 3 heterocycles. The highest BCUT2D eigenvalue weighted by Gasteiger charge is 2.75. The van der Waals surface area contributed by atoms with Gasteiger partial charge in [0.05, 0.1) is 5.41 Å². The van der Waals surface area contributed by atoms with E-state index in [1.54, 1.807) is 0 Å². The molecule has 4 atom stereocenters. The first-order valence-electron chi connectivity index (χ1n) is 16.6. The molecule has 0 aromatic heterocycles. The fourth-order valence-corrected chi connectivity index (χ4v) is 9.12. The second kappa shape index (κ2) is 10.8. The highest BCUT2D eigenvalue weighted by Crippen LogP contribution is 2.66. The number of carbonyl (C=O) groups is 2. The zero-order chi connectivity index (χ0) is 32.5. The fourth-order valence-electron chi connectivity index (χ4n) is 9.12. The third-order valence-electron chi connectivity index (χ3n) is 11.0. The number of para-hydroxylation sites is 1. The first kappa shape index (κ1) is 28.8. The number of hydrogen-bond donors (Lipinski definition) is 2. The van der Waals surface area contributed by atoms with Crippen molar-refractivity contribution in [3.63, 3.8) is 0 Å². The molecule has 2 N–H and O–H groups in total. The van der Waals surface area contributed by atoms with Gasteiger partial charge in [-0.1, -0.05) is 133 Å². The van der Waals surface area contributed by atoms with E-state index in [4.69, 9.17) is 0 Å². The number of nitrogens with zero attached hydrogens (tertiary/aromatic N) is 1. The van der Waals surface area contributed by atoms with E-state index in [1.807, 2.05) is 60.7 Å². The number of carbonyl (C=O) groups excluding carboxylic acids is 2. The van der Waals surface area contributed by atoms with Gasteiger partial charge in [0.25, 0.3) is 5.91 Å². The van der Waals surface area contributed by atoms with Crippen molar-refractivity contribution in [3.05, 3.63) is 167 Å². The van der Waals surface area contributed by atoms with Crippen molar-refractivity contribution in [2.45, 2.75) is 17.5 Å². The number of amides is 1. The Hall–Kier alpha value is -5.36. The third-order valence-corrected chi connectivity index (χ3v) is 11.0. The lowest BCUT2D eigenvalue weighted by molar-refractivity contribution is -0.141. The van der Waals surface area contributed by atoms with Gasteiger partial charge in [-0.25, -0.2) is 0 Å². The van der Waals surface area contributed by atoms with Crippen molar-refractivity contribution in [3.8, 4) is 0 Å². The Labute approximate surface area is 279 Å². The number of rotatable bonds is 3. The van der Waals surface area contributed by atoms with Crippen molar-refractivity contribution >= 4 is 45.0 Å². The van der Waals surface area contributed by atoms with Crippen LogP contribution in [0.2, 0.25) is 0 Å². The summed E-state index contributed by atoms with van der Waals surface area (Å²) in [6.45, 7) is 0.895. The number of likely N-dealkylation sites (tertiary alicyclic amines) is 1. The minimum atomic E-state index is -1.32. The SMILES string of the molecule is CN1C/C(=C\c2cccc3ccccc23)C(=O)[C@@]2(C1)[C@H](c1cccc3ccccc13)[C@@H](c1ccccc1)N[C@]21C(=O)Nc2ccccc21. The van der Waals surface area contributed by atoms with Crippen LogP contribution in [-0.2, 0) is 15.1 Å². The van der Waals surface area contributed by atoms with E-state index in [0.717, 1.165) is 49.5 Å². The fraction of sp³-hybridized carbons (Fsp3) is 0.163. The van der Waals surface area contributed by atoms with Crippen LogP contribution >= 0.6 is 0 Å². The molecule has 0 unspecified atom stereocenters. The molecule has 5 heteroatoms. The Balaban J connectivity index is 1.37. The smallest absolute Gasteiger partial charge is 0.250 e. The van der Waals surface area contributed by atoms with Crippen molar-refractivity contribution < 1.29 is 9.59 Å². The minimum absolute atomic E-state index is 0.0178. The first-order chi connectivity index (χ1) is 23.5. The zero-order valence-corrected chi connectivity index (χ0v) is 26.7. The predicted molar refractivity (Wildman–Crippen MR) is 193 cm³/mol. The lowest BCUT2D eigenvalue weighted by Crippen LogP contribution is -2.65. The van der Waals surface area contributed by atoms with Crippen LogP contribution in [-0.4, -0.2) is 36.7 Å². The maximum absolute atomic E-state index is 15.9. The van der Waals surface area contributed by atoms with Crippen LogP contribution in [0.25, 0.3) is 27.6 Å². The molecule has 2 saturated heterocycles. The second-order valence-corrected chi connectivity index (χ2v) is 13.5. The van der Waals surface area contributed by atoms with Crippen LogP contribution in [0.4, 0.5) is 5.69 Å². The molecule has 1 amide bonds. The molecule has 2 fully saturated rings. The summed E-state index contributed by atoms with van der Waals surface area (Å²) in [7, 11) is 2.08. The average Bonchev–Trinajstić information content (AvgIpc) is 3.58. The van der Waals surface area contributed by atoms with Gasteiger partial charge in [0.1, 0.15) is 5.54 Å². The predicted octanol–water partition coefficient (Wildman–Crippen LogP) is 7.85. The van der Waals surface area contributed by atoms with Gasteiger partial charge in [0.15, 0.2) is 5.78 Å². The number of piperidine rings is 1. The first-order valence-corrected chi connectivity index (χ1v) is 16.6. The van der Waals surface area contributed by atoms with Crippen molar-refractivity contribution in [2.24, 2.45) is 5.41 Å². The minimum Gasteiger partial charge on any atom is -0.324 e. The Morgan fingerprint density at radius 2 is 1.35 bits per heavy atom. The Bertz CT molecular complexity index is 2280. The van der Waals surface area contributed by atoms with E-state index >= 15 is 4.79 Å². The molecule has 0 aliphatic carbocycles. The number of nitrogens with one attached hydrogen (secondary N) is 2. The van der Waals surface area contributed by atoms with Gasteiger partial charge in [-0.15, -0.1) is 0 Å². The molecule has 3 aliphatic rings. The van der Waals surface area contributed by atoms with E-state index in [2.05, 4.69) is 108 Å². The molecule has 0 saturated carbocycles. The normalized spacial score (nSPS) is 26.1. The molecule has 5 nitrogen and oxygen atoms in total. The van der Waals surface area contributed by atoms with Gasteiger partial charge in [-0.05, 0) is 57.4 Å². The largest absolute Gasteiger partial charge is 0.324 e. The maximum Gasteiger partial charge on any atom is 0.250 e. The topological polar surface area (TPSA) is 61.4 Å². The highest BCUT2D eigenvalue weighted by atomic mass is 16.2. The Morgan fingerprint density at radius 1 is 0.708 bits per heavy atom. The summed E-state index contributed by atoms with van der Waals surface area (Å²) in [6.07, 6.45) is 2.07. The number of Topliss-reactive ketones (excluding diaryl/α,β-unsaturated/α-hetero) is 1. The summed E-state index contributed by atoms with van der Waals surface area (Å²) in [5.74, 6) is -0.543. The van der Waals surface area contributed by atoms with Crippen LogP contribution < -0.4 is 10.6 Å². The second-order valence-electron chi connectivity index (χ2n) is 13.5. The molecular weight excluding hydrogens is 590 g/mol. The summed E-state index contributed by atoms with van der Waals surface area (Å²) >= 11 is 0. The molecule has 0 bridgehead atoms. The van der Waals surface area contributed by atoms with E-state index in [-0.39, 0.29) is 23.7 Å². The molecular formula is C43H35N3O2. The van der Waals surface area contributed by atoms with Crippen LogP contribution in [0.5, 0.6) is 0 Å². The van der Waals surface area contributed by atoms with Gasteiger partial charge in [-0.2, -0.15) is 0 Å². The Kier molecular flexibility index (Phi) is 6.51. The monoisotopic (exact) mass is 625 g/mol. The van der Waals surface area contributed by atoms with Crippen LogP contribution in [0, 0.1) is 5.41 Å². The molecule has 48 heavy (non-hydrogen) atoms. The quantitative estimate of drug-likeness (QED) is 0.197. The van der Waals surface area contributed by atoms with E-state index in [1.165, 1.54) is 0 Å². The van der Waals surface area contributed by atoms with Gasteiger partial charge >= 0.3 is 0 Å². The third kappa shape index (κ3) is 3.98. The number of benzene rings is 6. The molecule has 234 valence electrons. The van der Waals surface area contributed by atoms with Gasteiger partial charge in [0.2, 0.25) is 0 Å². The summed E-state index contributed by atoms with van der Waals surface area (Å²) in [4.78, 5) is 33.0. The Morgan fingerprint density at radius 3 is 2.17 bits per heavy atom. The van der Waals surface area contributed by atoms with Gasteiger partial charge in [-0.3, -0.25) is 14.9 Å². The summed E-state index contributed by atoms with van der Waals surface area (Å²) in [5.41, 5.74) is 2.87. The zero-order valence-electron chi connectivity index (χ0n) is 26.7. The van der Waals surface area contributed by atoms with Crippen molar-refractivity contribution in [1.29, 1.82) is 0 Å². The number of anilines is 1. The maximum atomic E-state index is 15.9. The van der Waals surface area contributed by atoms with Crippen molar-refractivity contribution in [1.82, 2.24) is 10.2 Å². The molecule has 9 rings (SSSR count). The molecule has 2 spiro atoms. The summed E-state index contributed by atoms with van der Waals surface area (Å²) in [6, 6.07) is 47.2. The standard InChI is InChI=1S/C43H35N3O2/c1-46-26-32(25-31-19-11-17-28-13-5-7-20-33(28)31)40(47)42(27-46)38(35-22-12-18-29-14-6-8-21-34(29)35)39(30-15-3-2-4-16-30)45-43(42)36-23-9-10-24-37(36)44-41(43)48/h2-25,38-39,45H,26-27H2,1H3,(H,44,48)/b32-25+/t38-,39-,42-,43-/m1/s1. The molecule has 3 aliphatic heterocycles. The molecule has 6 aromatic carbocycles. The lowest BCUT2D eigenvalue weighted by atomic mass is 9.55. The summed E-state index contributed by atoms with van der Waals surface area (Å²) in [5, 5.41) is 11.6. The van der Waals surface area contributed by atoms with E-state index in [9.17, 15) is 4.79 Å². The number of ketones is 1.